The SMILES string of the molecule is CSc1ccc(C2CC2)nc1N. The van der Waals surface area contributed by atoms with E-state index in [9.17, 15) is 0 Å². The van der Waals surface area contributed by atoms with Gasteiger partial charge in [0.1, 0.15) is 5.82 Å². The summed E-state index contributed by atoms with van der Waals surface area (Å²) in [5.74, 6) is 1.38. The zero-order valence-electron chi connectivity index (χ0n) is 7.08. The van der Waals surface area contributed by atoms with Crippen molar-refractivity contribution >= 4 is 17.6 Å². The van der Waals surface area contributed by atoms with Crippen molar-refractivity contribution in [3.8, 4) is 0 Å². The van der Waals surface area contributed by atoms with Gasteiger partial charge in [-0.3, -0.25) is 0 Å². The molecular formula is C9H12N2S. The number of anilines is 1. The molecule has 2 N–H and O–H groups in total. The number of thioether (sulfide) groups is 1. The minimum absolute atomic E-state index is 0.687. The highest BCUT2D eigenvalue weighted by molar-refractivity contribution is 7.98. The van der Waals surface area contributed by atoms with Crippen molar-refractivity contribution < 1.29 is 0 Å². The maximum atomic E-state index is 5.77. The van der Waals surface area contributed by atoms with E-state index >= 15 is 0 Å². The van der Waals surface area contributed by atoms with Crippen molar-refractivity contribution in [1.29, 1.82) is 0 Å². The van der Waals surface area contributed by atoms with E-state index in [4.69, 9.17) is 5.73 Å². The van der Waals surface area contributed by atoms with Crippen molar-refractivity contribution in [2.75, 3.05) is 12.0 Å². The average Bonchev–Trinajstić information content (AvgIpc) is 2.86. The van der Waals surface area contributed by atoms with Crippen LogP contribution >= 0.6 is 11.8 Å². The molecule has 1 aliphatic carbocycles. The van der Waals surface area contributed by atoms with Gasteiger partial charge in [-0.1, -0.05) is 0 Å². The van der Waals surface area contributed by atoms with Crippen molar-refractivity contribution in [2.24, 2.45) is 0 Å². The Morgan fingerprint density at radius 2 is 2.25 bits per heavy atom. The zero-order chi connectivity index (χ0) is 8.55. The second kappa shape index (κ2) is 2.98. The fourth-order valence-electron chi connectivity index (χ4n) is 1.26. The highest BCUT2D eigenvalue weighted by Gasteiger charge is 2.25. The molecule has 1 aromatic rings. The maximum absolute atomic E-state index is 5.77. The number of hydrogen-bond acceptors (Lipinski definition) is 3. The predicted octanol–water partition coefficient (Wildman–Crippen LogP) is 2.26. The van der Waals surface area contributed by atoms with E-state index in [1.54, 1.807) is 11.8 Å². The summed E-state index contributed by atoms with van der Waals surface area (Å²) >= 11 is 1.65. The summed E-state index contributed by atoms with van der Waals surface area (Å²) in [5.41, 5.74) is 6.94. The van der Waals surface area contributed by atoms with Crippen LogP contribution in [0.5, 0.6) is 0 Å². The van der Waals surface area contributed by atoms with Gasteiger partial charge in [0, 0.05) is 16.5 Å². The third-order valence-electron chi connectivity index (χ3n) is 2.12. The third kappa shape index (κ3) is 1.41. The van der Waals surface area contributed by atoms with Crippen LogP contribution in [-0.4, -0.2) is 11.2 Å². The van der Waals surface area contributed by atoms with E-state index in [1.807, 2.05) is 6.26 Å². The highest BCUT2D eigenvalue weighted by Crippen LogP contribution is 2.39. The maximum Gasteiger partial charge on any atom is 0.137 e. The van der Waals surface area contributed by atoms with Crippen LogP contribution < -0.4 is 5.73 Å². The molecule has 1 aromatic heterocycles. The Balaban J connectivity index is 2.30. The predicted molar refractivity (Wildman–Crippen MR) is 52.4 cm³/mol. The lowest BCUT2D eigenvalue weighted by atomic mass is 10.2. The molecule has 2 nitrogen and oxygen atoms in total. The molecule has 0 aromatic carbocycles. The number of aromatic nitrogens is 1. The number of pyridine rings is 1. The molecule has 0 atom stereocenters. The Morgan fingerprint density at radius 3 is 2.75 bits per heavy atom. The molecule has 1 saturated carbocycles. The van der Waals surface area contributed by atoms with Crippen LogP contribution in [-0.2, 0) is 0 Å². The molecule has 3 heteroatoms. The zero-order valence-corrected chi connectivity index (χ0v) is 7.90. The largest absolute Gasteiger partial charge is 0.383 e. The number of rotatable bonds is 2. The summed E-state index contributed by atoms with van der Waals surface area (Å²) < 4.78 is 0. The first-order valence-corrected chi connectivity index (χ1v) is 5.34. The molecular weight excluding hydrogens is 168 g/mol. The summed E-state index contributed by atoms with van der Waals surface area (Å²) in [4.78, 5) is 5.45. The third-order valence-corrected chi connectivity index (χ3v) is 2.91. The lowest BCUT2D eigenvalue weighted by Crippen LogP contribution is -1.96. The molecule has 0 aliphatic heterocycles. The van der Waals surface area contributed by atoms with Crippen LogP contribution in [0.15, 0.2) is 17.0 Å². The van der Waals surface area contributed by atoms with Crippen LogP contribution in [0.25, 0.3) is 0 Å². The summed E-state index contributed by atoms with van der Waals surface area (Å²) in [5, 5.41) is 0. The highest BCUT2D eigenvalue weighted by atomic mass is 32.2. The van der Waals surface area contributed by atoms with Crippen LogP contribution in [0.4, 0.5) is 5.82 Å². The molecule has 0 radical (unpaired) electrons. The van der Waals surface area contributed by atoms with Crippen LogP contribution in [0, 0.1) is 0 Å². The summed E-state index contributed by atoms with van der Waals surface area (Å²) in [6.45, 7) is 0. The van der Waals surface area contributed by atoms with Gasteiger partial charge < -0.3 is 5.73 Å². The normalized spacial score (nSPS) is 16.4. The summed E-state index contributed by atoms with van der Waals surface area (Å²) in [6.07, 6.45) is 4.58. The Kier molecular flexibility index (Phi) is 1.97. The van der Waals surface area contributed by atoms with Gasteiger partial charge in [-0.2, -0.15) is 0 Å². The van der Waals surface area contributed by atoms with E-state index in [0.29, 0.717) is 11.7 Å². The van der Waals surface area contributed by atoms with E-state index < -0.39 is 0 Å². The molecule has 0 amide bonds. The number of hydrogen-bond donors (Lipinski definition) is 1. The van der Waals surface area contributed by atoms with Gasteiger partial charge in [0.2, 0.25) is 0 Å². The Labute approximate surface area is 76.6 Å². The summed E-state index contributed by atoms with van der Waals surface area (Å²) in [7, 11) is 0. The second-order valence-electron chi connectivity index (χ2n) is 3.10. The molecule has 0 unspecified atom stereocenters. The smallest absolute Gasteiger partial charge is 0.137 e. The van der Waals surface area contributed by atoms with Gasteiger partial charge in [0.05, 0.1) is 0 Å². The molecule has 0 saturated heterocycles. The molecule has 2 rings (SSSR count). The molecule has 12 heavy (non-hydrogen) atoms. The quantitative estimate of drug-likeness (QED) is 0.709. The van der Waals surface area contributed by atoms with Crippen LogP contribution in [0.3, 0.4) is 0 Å². The first kappa shape index (κ1) is 7.92. The van der Waals surface area contributed by atoms with Crippen LogP contribution in [0.1, 0.15) is 24.5 Å². The first-order chi connectivity index (χ1) is 5.81. The van der Waals surface area contributed by atoms with Crippen molar-refractivity contribution in [3.63, 3.8) is 0 Å². The molecule has 1 fully saturated rings. The van der Waals surface area contributed by atoms with Gasteiger partial charge in [0.15, 0.2) is 0 Å². The topological polar surface area (TPSA) is 38.9 Å². The number of nitrogens with zero attached hydrogens (tertiary/aromatic N) is 1. The van der Waals surface area contributed by atoms with Gasteiger partial charge in [-0.25, -0.2) is 4.98 Å². The molecule has 1 aliphatic rings. The average molecular weight is 180 g/mol. The van der Waals surface area contributed by atoms with Crippen molar-refractivity contribution in [3.05, 3.63) is 17.8 Å². The summed E-state index contributed by atoms with van der Waals surface area (Å²) in [6, 6.07) is 4.17. The lowest BCUT2D eigenvalue weighted by Gasteiger charge is -2.03. The standard InChI is InChI=1S/C9H12N2S/c1-12-8-5-4-7(6-2-3-6)11-9(8)10/h4-6H,2-3H2,1H3,(H2,10,11). The second-order valence-corrected chi connectivity index (χ2v) is 3.95. The lowest BCUT2D eigenvalue weighted by molar-refractivity contribution is 1.01. The van der Waals surface area contributed by atoms with Gasteiger partial charge in [-0.05, 0) is 31.2 Å². The molecule has 1 heterocycles. The number of nitrogen functional groups attached to an aromatic ring is 1. The molecule has 0 bridgehead atoms. The van der Waals surface area contributed by atoms with E-state index in [2.05, 4.69) is 17.1 Å². The van der Waals surface area contributed by atoms with Crippen LogP contribution in [0.2, 0.25) is 0 Å². The Morgan fingerprint density at radius 1 is 1.50 bits per heavy atom. The molecule has 0 spiro atoms. The fraction of sp³-hybridized carbons (Fsp3) is 0.444. The minimum Gasteiger partial charge on any atom is -0.383 e. The Hall–Kier alpha value is -0.700. The Bertz CT molecular complexity index is 295. The fourth-order valence-corrected chi connectivity index (χ4v) is 1.72. The van der Waals surface area contributed by atoms with E-state index in [1.165, 1.54) is 18.5 Å². The molecule has 64 valence electrons. The van der Waals surface area contributed by atoms with Crippen molar-refractivity contribution in [1.82, 2.24) is 4.98 Å². The monoisotopic (exact) mass is 180 g/mol. The van der Waals surface area contributed by atoms with Gasteiger partial charge >= 0.3 is 0 Å². The minimum atomic E-state index is 0.687. The van der Waals surface area contributed by atoms with E-state index in [-0.39, 0.29) is 0 Å². The first-order valence-electron chi connectivity index (χ1n) is 4.11. The van der Waals surface area contributed by atoms with E-state index in [0.717, 1.165) is 4.90 Å². The van der Waals surface area contributed by atoms with Crippen molar-refractivity contribution in [2.45, 2.75) is 23.7 Å². The van der Waals surface area contributed by atoms with Gasteiger partial charge in [0.25, 0.3) is 0 Å². The number of nitrogens with two attached hydrogens (primary N) is 1. The van der Waals surface area contributed by atoms with Gasteiger partial charge in [-0.15, -0.1) is 11.8 Å².